The van der Waals surface area contributed by atoms with Crippen LogP contribution in [-0.4, -0.2) is 41.6 Å². The molecular weight excluding hydrogens is 424 g/mol. The summed E-state index contributed by atoms with van der Waals surface area (Å²) in [6.07, 6.45) is 1.92. The lowest BCUT2D eigenvalue weighted by Gasteiger charge is -2.32. The smallest absolute Gasteiger partial charge is 0.399 e. The zero-order valence-electron chi connectivity index (χ0n) is 21.4. The second-order valence-electron chi connectivity index (χ2n) is 11.5. The summed E-state index contributed by atoms with van der Waals surface area (Å²) in [5.74, 6) is 0. The lowest BCUT2D eigenvalue weighted by Crippen LogP contribution is -2.41. The fourth-order valence-electron chi connectivity index (χ4n) is 4.23. The van der Waals surface area contributed by atoms with E-state index in [2.05, 4.69) is 104 Å². The molecule has 0 amide bonds. The monoisotopic (exact) mass is 457 g/mol. The highest BCUT2D eigenvalue weighted by atomic mass is 16.7. The van der Waals surface area contributed by atoms with Crippen LogP contribution in [-0.2, 0) is 18.6 Å². The van der Waals surface area contributed by atoms with Crippen molar-refractivity contribution >= 4 is 35.9 Å². The van der Waals surface area contributed by atoms with Crippen molar-refractivity contribution in [3.8, 4) is 11.3 Å². The van der Waals surface area contributed by atoms with Gasteiger partial charge < -0.3 is 18.6 Å². The summed E-state index contributed by atoms with van der Waals surface area (Å²) in [4.78, 5) is 4.73. The molecular formula is C27H33B2NO4. The number of aromatic nitrogens is 1. The molecule has 3 heterocycles. The number of fused-ring (bicyclic) bond motifs is 1. The molecule has 2 aliphatic rings. The summed E-state index contributed by atoms with van der Waals surface area (Å²) in [6.45, 7) is 16.5. The van der Waals surface area contributed by atoms with E-state index in [0.717, 1.165) is 33.0 Å². The molecule has 2 aromatic carbocycles. The van der Waals surface area contributed by atoms with Crippen molar-refractivity contribution in [1.29, 1.82) is 0 Å². The molecule has 0 atom stereocenters. The van der Waals surface area contributed by atoms with Gasteiger partial charge in [-0.1, -0.05) is 42.5 Å². The summed E-state index contributed by atoms with van der Waals surface area (Å²) in [7, 11) is -0.742. The SMILES string of the molecule is CC1(C)OB(c2ccc(-c3cc4ccc(B5OC(C)(C)C(C)(C)O5)cc4cn3)cc2)OC1(C)C. The van der Waals surface area contributed by atoms with Gasteiger partial charge in [0.15, 0.2) is 0 Å². The van der Waals surface area contributed by atoms with Crippen molar-refractivity contribution in [2.75, 3.05) is 0 Å². The molecule has 34 heavy (non-hydrogen) atoms. The first-order chi connectivity index (χ1) is 15.8. The third kappa shape index (κ3) is 3.89. The van der Waals surface area contributed by atoms with E-state index in [1.807, 2.05) is 6.20 Å². The normalized spacial score (nSPS) is 22.5. The van der Waals surface area contributed by atoms with E-state index in [4.69, 9.17) is 23.6 Å². The summed E-state index contributed by atoms with van der Waals surface area (Å²) in [6, 6.07) is 16.7. The van der Waals surface area contributed by atoms with Crippen LogP contribution in [0.25, 0.3) is 22.0 Å². The standard InChI is InChI=1S/C27H33B2NO4/c1-24(2)25(3,4)32-28(31-24)21-12-9-18(10-13-21)23-16-19-11-14-22(15-20(19)17-30-23)29-33-26(5,6)27(7,8)34-29/h9-17H,1-8H3. The van der Waals surface area contributed by atoms with E-state index < -0.39 is 0 Å². The molecule has 1 aromatic heterocycles. The van der Waals surface area contributed by atoms with E-state index >= 15 is 0 Å². The lowest BCUT2D eigenvalue weighted by atomic mass is 9.78. The minimum absolute atomic E-state index is 0.352. The Bertz CT molecular complexity index is 1210. The average Bonchev–Trinajstić information content (AvgIpc) is 3.12. The molecule has 176 valence electrons. The minimum atomic E-state index is -0.378. The van der Waals surface area contributed by atoms with E-state index in [0.29, 0.717) is 0 Å². The Kier molecular flexibility index (Phi) is 5.31. The van der Waals surface area contributed by atoms with Gasteiger partial charge in [0.2, 0.25) is 0 Å². The van der Waals surface area contributed by atoms with Crippen LogP contribution in [0.15, 0.2) is 54.7 Å². The van der Waals surface area contributed by atoms with Crippen LogP contribution in [0.3, 0.4) is 0 Å². The highest BCUT2D eigenvalue weighted by Gasteiger charge is 2.52. The molecule has 0 unspecified atom stereocenters. The molecule has 7 heteroatoms. The first-order valence-electron chi connectivity index (χ1n) is 12.0. The van der Waals surface area contributed by atoms with Crippen LogP contribution in [0, 0.1) is 0 Å². The number of rotatable bonds is 3. The van der Waals surface area contributed by atoms with Gasteiger partial charge in [-0.25, -0.2) is 0 Å². The number of nitrogens with zero attached hydrogens (tertiary/aromatic N) is 1. The fourth-order valence-corrected chi connectivity index (χ4v) is 4.23. The van der Waals surface area contributed by atoms with Crippen LogP contribution in [0.4, 0.5) is 0 Å². The van der Waals surface area contributed by atoms with Gasteiger partial charge in [0.1, 0.15) is 0 Å². The molecule has 0 bridgehead atoms. The van der Waals surface area contributed by atoms with Gasteiger partial charge >= 0.3 is 14.2 Å². The van der Waals surface area contributed by atoms with Gasteiger partial charge in [0.25, 0.3) is 0 Å². The topological polar surface area (TPSA) is 49.8 Å². The molecule has 0 aliphatic carbocycles. The highest BCUT2D eigenvalue weighted by Crippen LogP contribution is 2.37. The van der Waals surface area contributed by atoms with Crippen molar-refractivity contribution in [2.45, 2.75) is 77.8 Å². The Morgan fingerprint density at radius 2 is 1.03 bits per heavy atom. The zero-order chi connectivity index (χ0) is 24.5. The average molecular weight is 457 g/mol. The molecule has 5 rings (SSSR count). The molecule has 2 saturated heterocycles. The summed E-state index contributed by atoms with van der Waals surface area (Å²) in [5.41, 5.74) is 2.57. The zero-order valence-corrected chi connectivity index (χ0v) is 21.4. The van der Waals surface area contributed by atoms with Crippen LogP contribution in [0.5, 0.6) is 0 Å². The maximum atomic E-state index is 6.21. The largest absolute Gasteiger partial charge is 0.494 e. The van der Waals surface area contributed by atoms with Gasteiger partial charge in [-0.2, -0.15) is 0 Å². The van der Waals surface area contributed by atoms with Crippen LogP contribution < -0.4 is 10.9 Å². The fraction of sp³-hybridized carbons (Fsp3) is 0.444. The number of pyridine rings is 1. The van der Waals surface area contributed by atoms with E-state index in [1.165, 1.54) is 0 Å². The summed E-state index contributed by atoms with van der Waals surface area (Å²) >= 11 is 0. The number of hydrogen-bond donors (Lipinski definition) is 0. The van der Waals surface area contributed by atoms with Crippen LogP contribution >= 0.6 is 0 Å². The second-order valence-corrected chi connectivity index (χ2v) is 11.5. The molecule has 2 fully saturated rings. The van der Waals surface area contributed by atoms with Gasteiger partial charge in [-0.3, -0.25) is 4.98 Å². The van der Waals surface area contributed by atoms with E-state index in [1.54, 1.807) is 0 Å². The van der Waals surface area contributed by atoms with Gasteiger partial charge in [0, 0.05) is 11.8 Å². The Labute approximate surface area is 203 Å². The quantitative estimate of drug-likeness (QED) is 0.543. The molecule has 5 nitrogen and oxygen atoms in total. The Hall–Kier alpha value is -2.18. The van der Waals surface area contributed by atoms with E-state index in [-0.39, 0.29) is 36.6 Å². The maximum absolute atomic E-state index is 6.21. The van der Waals surface area contributed by atoms with Gasteiger partial charge in [-0.15, -0.1) is 0 Å². The Balaban J connectivity index is 1.37. The summed E-state index contributed by atoms with van der Waals surface area (Å²) in [5, 5.41) is 2.19. The predicted molar refractivity (Wildman–Crippen MR) is 139 cm³/mol. The number of benzene rings is 2. The summed E-state index contributed by atoms with van der Waals surface area (Å²) < 4.78 is 24.8. The molecule has 0 saturated carbocycles. The minimum Gasteiger partial charge on any atom is -0.399 e. The molecule has 0 radical (unpaired) electrons. The molecule has 3 aromatic rings. The highest BCUT2D eigenvalue weighted by molar-refractivity contribution is 6.62. The van der Waals surface area contributed by atoms with Crippen molar-refractivity contribution in [2.24, 2.45) is 0 Å². The third-order valence-electron chi connectivity index (χ3n) is 8.00. The van der Waals surface area contributed by atoms with Crippen molar-refractivity contribution in [1.82, 2.24) is 4.98 Å². The maximum Gasteiger partial charge on any atom is 0.494 e. The first-order valence-corrected chi connectivity index (χ1v) is 12.0. The molecule has 0 N–H and O–H groups in total. The third-order valence-corrected chi connectivity index (χ3v) is 8.00. The second kappa shape index (κ2) is 7.66. The van der Waals surface area contributed by atoms with Crippen LogP contribution in [0.1, 0.15) is 55.4 Å². The Morgan fingerprint density at radius 1 is 0.559 bits per heavy atom. The Morgan fingerprint density at radius 3 is 1.56 bits per heavy atom. The predicted octanol–water partition coefficient (Wildman–Crippen LogP) is 4.50. The van der Waals surface area contributed by atoms with Crippen molar-refractivity contribution in [3.63, 3.8) is 0 Å². The number of hydrogen-bond acceptors (Lipinski definition) is 5. The van der Waals surface area contributed by atoms with Gasteiger partial charge in [0.05, 0.1) is 28.1 Å². The van der Waals surface area contributed by atoms with Crippen LogP contribution in [0.2, 0.25) is 0 Å². The van der Waals surface area contributed by atoms with Gasteiger partial charge in [-0.05, 0) is 83.2 Å². The van der Waals surface area contributed by atoms with Crippen molar-refractivity contribution < 1.29 is 18.6 Å². The van der Waals surface area contributed by atoms with E-state index in [9.17, 15) is 0 Å². The molecule has 2 aliphatic heterocycles. The van der Waals surface area contributed by atoms with Crippen molar-refractivity contribution in [3.05, 3.63) is 54.7 Å². The molecule has 0 spiro atoms. The first kappa shape index (κ1) is 23.6. The lowest BCUT2D eigenvalue weighted by molar-refractivity contribution is 0.00578.